The molecule has 0 aromatic heterocycles. The van der Waals surface area contributed by atoms with E-state index in [1.165, 1.54) is 44.9 Å². The lowest BCUT2D eigenvalue weighted by atomic mass is 9.75. The third-order valence-corrected chi connectivity index (χ3v) is 4.24. The fourth-order valence-corrected chi connectivity index (χ4v) is 3.06. The van der Waals surface area contributed by atoms with E-state index < -0.39 is 0 Å². The number of ether oxygens (including phenoxy) is 1. The van der Waals surface area contributed by atoms with Crippen molar-refractivity contribution in [1.82, 2.24) is 0 Å². The molecule has 1 saturated heterocycles. The molecule has 0 aromatic rings. The van der Waals surface area contributed by atoms with Gasteiger partial charge < -0.3 is 10.5 Å². The van der Waals surface area contributed by atoms with Crippen LogP contribution < -0.4 is 5.73 Å². The quantitative estimate of drug-likeness (QED) is 0.686. The van der Waals surface area contributed by atoms with Gasteiger partial charge in [0.05, 0.1) is 6.10 Å². The molecule has 1 heterocycles. The molecule has 0 radical (unpaired) electrons. The van der Waals surface area contributed by atoms with Crippen molar-refractivity contribution in [2.24, 2.45) is 17.1 Å². The molecule has 2 rings (SSSR count). The topological polar surface area (TPSA) is 35.2 Å². The van der Waals surface area contributed by atoms with Gasteiger partial charge in [0.2, 0.25) is 0 Å². The van der Waals surface area contributed by atoms with Crippen LogP contribution in [-0.2, 0) is 4.74 Å². The highest BCUT2D eigenvalue weighted by atomic mass is 16.5. The van der Waals surface area contributed by atoms with E-state index in [9.17, 15) is 0 Å². The van der Waals surface area contributed by atoms with Crippen LogP contribution in [0.1, 0.15) is 51.9 Å². The Morgan fingerprint density at radius 3 is 2.73 bits per heavy atom. The maximum atomic E-state index is 6.03. The predicted molar refractivity (Wildman–Crippen MR) is 62.7 cm³/mol. The van der Waals surface area contributed by atoms with Crippen LogP contribution in [-0.4, -0.2) is 19.3 Å². The molecule has 2 unspecified atom stereocenters. The minimum atomic E-state index is 0.344. The molecule has 2 atom stereocenters. The largest absolute Gasteiger partial charge is 0.377 e. The van der Waals surface area contributed by atoms with Gasteiger partial charge in [-0.2, -0.15) is 0 Å². The summed E-state index contributed by atoms with van der Waals surface area (Å²) in [6.45, 7) is 4.04. The Morgan fingerprint density at radius 1 is 1.33 bits per heavy atom. The fraction of sp³-hybridized carbons (Fsp3) is 1.00. The number of unbranched alkanes of at least 4 members (excludes halogenated alkanes) is 2. The lowest BCUT2D eigenvalue weighted by molar-refractivity contribution is 0.0294. The molecule has 0 amide bonds. The Morgan fingerprint density at radius 2 is 2.13 bits per heavy atom. The van der Waals surface area contributed by atoms with Crippen LogP contribution in [0.25, 0.3) is 0 Å². The van der Waals surface area contributed by atoms with Crippen molar-refractivity contribution >= 4 is 0 Å². The van der Waals surface area contributed by atoms with Gasteiger partial charge in [-0.15, -0.1) is 0 Å². The minimum absolute atomic E-state index is 0.344. The molecular formula is C13H25NO. The van der Waals surface area contributed by atoms with Gasteiger partial charge >= 0.3 is 0 Å². The molecule has 0 spiro atoms. The Hall–Kier alpha value is -0.0800. The zero-order valence-corrected chi connectivity index (χ0v) is 10.0. The van der Waals surface area contributed by atoms with Gasteiger partial charge in [0.15, 0.2) is 0 Å². The monoisotopic (exact) mass is 211 g/mol. The third-order valence-electron chi connectivity index (χ3n) is 4.24. The SMILES string of the molecule is CCCCCC1(CN)CCOC1C1CC1. The summed E-state index contributed by atoms with van der Waals surface area (Å²) < 4.78 is 5.93. The molecule has 15 heavy (non-hydrogen) atoms. The van der Waals surface area contributed by atoms with Gasteiger partial charge in [-0.1, -0.05) is 26.2 Å². The highest BCUT2D eigenvalue weighted by Gasteiger charge is 2.49. The van der Waals surface area contributed by atoms with Gasteiger partial charge in [-0.3, -0.25) is 0 Å². The van der Waals surface area contributed by atoms with E-state index in [-0.39, 0.29) is 0 Å². The summed E-state index contributed by atoms with van der Waals surface area (Å²) in [5, 5.41) is 0. The van der Waals surface area contributed by atoms with Crippen LogP contribution in [0.3, 0.4) is 0 Å². The van der Waals surface area contributed by atoms with E-state index >= 15 is 0 Å². The van der Waals surface area contributed by atoms with E-state index in [4.69, 9.17) is 10.5 Å². The van der Waals surface area contributed by atoms with Crippen LogP contribution in [0, 0.1) is 11.3 Å². The summed E-state index contributed by atoms with van der Waals surface area (Å²) >= 11 is 0. The van der Waals surface area contributed by atoms with Crippen molar-refractivity contribution in [3.8, 4) is 0 Å². The molecule has 1 aliphatic carbocycles. The number of rotatable bonds is 6. The summed E-state index contributed by atoms with van der Waals surface area (Å²) in [5.41, 5.74) is 6.37. The molecule has 2 N–H and O–H groups in total. The van der Waals surface area contributed by atoms with Crippen LogP contribution in [0.2, 0.25) is 0 Å². The Bertz CT molecular complexity index is 203. The number of hydrogen-bond acceptors (Lipinski definition) is 2. The van der Waals surface area contributed by atoms with Crippen molar-refractivity contribution in [3.05, 3.63) is 0 Å². The first-order valence-electron chi connectivity index (χ1n) is 6.64. The first-order chi connectivity index (χ1) is 7.32. The Labute approximate surface area is 93.6 Å². The summed E-state index contributed by atoms with van der Waals surface area (Å²) in [5.74, 6) is 0.845. The van der Waals surface area contributed by atoms with Crippen LogP contribution in [0.4, 0.5) is 0 Å². The normalized spacial score (nSPS) is 36.0. The average molecular weight is 211 g/mol. The first kappa shape index (κ1) is 11.4. The first-order valence-corrected chi connectivity index (χ1v) is 6.64. The molecular weight excluding hydrogens is 186 g/mol. The van der Waals surface area contributed by atoms with E-state index in [2.05, 4.69) is 6.92 Å². The maximum Gasteiger partial charge on any atom is 0.0672 e. The van der Waals surface area contributed by atoms with E-state index in [0.29, 0.717) is 11.5 Å². The smallest absolute Gasteiger partial charge is 0.0672 e. The van der Waals surface area contributed by atoms with Crippen LogP contribution in [0.15, 0.2) is 0 Å². The molecule has 0 bridgehead atoms. The molecule has 2 aliphatic rings. The molecule has 1 saturated carbocycles. The van der Waals surface area contributed by atoms with Crippen LogP contribution in [0.5, 0.6) is 0 Å². The number of nitrogens with two attached hydrogens (primary N) is 1. The summed E-state index contributed by atoms with van der Waals surface area (Å²) in [6.07, 6.45) is 9.72. The maximum absolute atomic E-state index is 6.03. The second kappa shape index (κ2) is 4.84. The van der Waals surface area contributed by atoms with Crippen molar-refractivity contribution in [2.75, 3.05) is 13.2 Å². The van der Waals surface area contributed by atoms with Crippen molar-refractivity contribution in [1.29, 1.82) is 0 Å². The summed E-state index contributed by atoms with van der Waals surface area (Å²) in [6, 6.07) is 0. The van der Waals surface area contributed by atoms with Gasteiger partial charge in [0.1, 0.15) is 0 Å². The van der Waals surface area contributed by atoms with Gasteiger partial charge in [0, 0.05) is 18.6 Å². The summed E-state index contributed by atoms with van der Waals surface area (Å²) in [4.78, 5) is 0. The molecule has 88 valence electrons. The third kappa shape index (κ3) is 2.36. The zero-order chi connectivity index (χ0) is 10.7. The van der Waals surface area contributed by atoms with Crippen LogP contribution >= 0.6 is 0 Å². The van der Waals surface area contributed by atoms with Crippen molar-refractivity contribution in [2.45, 2.75) is 58.0 Å². The molecule has 0 aromatic carbocycles. The highest BCUT2D eigenvalue weighted by Crippen LogP contribution is 2.49. The lowest BCUT2D eigenvalue weighted by Gasteiger charge is -2.33. The van der Waals surface area contributed by atoms with E-state index in [1.54, 1.807) is 0 Å². The lowest BCUT2D eigenvalue weighted by Crippen LogP contribution is -2.39. The standard InChI is InChI=1S/C13H25NO/c1-2-3-4-7-13(10-14)8-9-15-12(13)11-5-6-11/h11-12H,2-10,14H2,1H3. The highest BCUT2D eigenvalue weighted by molar-refractivity contribution is 4.99. The second-order valence-electron chi connectivity index (χ2n) is 5.40. The Balaban J connectivity index is 1.92. The van der Waals surface area contributed by atoms with Gasteiger partial charge in [0.25, 0.3) is 0 Å². The van der Waals surface area contributed by atoms with Crippen molar-refractivity contribution < 1.29 is 4.74 Å². The molecule has 2 heteroatoms. The second-order valence-corrected chi connectivity index (χ2v) is 5.40. The molecule has 1 aliphatic heterocycles. The fourth-order valence-electron chi connectivity index (χ4n) is 3.06. The van der Waals surface area contributed by atoms with Gasteiger partial charge in [-0.05, 0) is 31.6 Å². The summed E-state index contributed by atoms with van der Waals surface area (Å²) in [7, 11) is 0. The predicted octanol–water partition coefficient (Wildman–Crippen LogP) is 2.71. The molecule has 2 fully saturated rings. The Kier molecular flexibility index (Phi) is 3.68. The molecule has 2 nitrogen and oxygen atoms in total. The minimum Gasteiger partial charge on any atom is -0.377 e. The van der Waals surface area contributed by atoms with E-state index in [1.807, 2.05) is 0 Å². The van der Waals surface area contributed by atoms with Gasteiger partial charge in [-0.25, -0.2) is 0 Å². The number of hydrogen-bond donors (Lipinski definition) is 1. The van der Waals surface area contributed by atoms with Crippen molar-refractivity contribution in [3.63, 3.8) is 0 Å². The zero-order valence-electron chi connectivity index (χ0n) is 10.0. The van der Waals surface area contributed by atoms with E-state index in [0.717, 1.165) is 19.1 Å². The average Bonchev–Trinajstić information content (AvgIpc) is 3.01.